The number of nitrogens with one attached hydrogen (secondary N) is 1. The maximum atomic E-state index is 10.5. The minimum Gasteiger partial charge on any atom is -0.481 e. The van der Waals surface area contributed by atoms with E-state index in [1.54, 1.807) is 13.1 Å². The van der Waals surface area contributed by atoms with Crippen LogP contribution in [-0.4, -0.2) is 21.0 Å². The second-order valence-electron chi connectivity index (χ2n) is 2.41. The molecule has 1 heterocycles. The summed E-state index contributed by atoms with van der Waals surface area (Å²) in [6.07, 6.45) is 3.03. The molecule has 5 heteroatoms. The summed E-state index contributed by atoms with van der Waals surface area (Å²) in [7, 11) is 0. The van der Waals surface area contributed by atoms with E-state index in [4.69, 9.17) is 17.3 Å². The fourth-order valence-electron chi connectivity index (χ4n) is 0.732. The molecule has 12 heavy (non-hydrogen) atoms. The largest absolute Gasteiger partial charge is 0.481 e. The van der Waals surface area contributed by atoms with E-state index in [0.717, 1.165) is 0 Å². The van der Waals surface area contributed by atoms with E-state index in [1.807, 2.05) is 0 Å². The molecule has 2 N–H and O–H groups in total. The van der Waals surface area contributed by atoms with Crippen LogP contribution in [0.25, 0.3) is 0 Å². The van der Waals surface area contributed by atoms with E-state index < -0.39 is 11.9 Å². The smallest absolute Gasteiger partial charge is 0.310 e. The molecule has 0 bridgehead atoms. The van der Waals surface area contributed by atoms with Gasteiger partial charge in [0, 0.05) is 18.0 Å². The molecule has 4 nitrogen and oxygen atoms in total. The van der Waals surface area contributed by atoms with E-state index in [9.17, 15) is 4.79 Å². The van der Waals surface area contributed by atoms with Crippen LogP contribution in [0.2, 0.25) is 0 Å². The Morgan fingerprint density at radius 3 is 2.92 bits per heavy atom. The number of carboxylic acids is 1. The lowest BCUT2D eigenvalue weighted by atomic mass is 10.1. The van der Waals surface area contributed by atoms with Crippen molar-refractivity contribution in [1.29, 1.82) is 0 Å². The number of carbonyl (C=O) groups is 1. The second-order valence-corrected chi connectivity index (χ2v) is 2.80. The molecule has 1 unspecified atom stereocenters. The SMILES string of the molecule is CC(C(=O)O)c1cnc(=S)[nH]c1. The maximum Gasteiger partial charge on any atom is 0.310 e. The van der Waals surface area contributed by atoms with Gasteiger partial charge in [0.1, 0.15) is 0 Å². The van der Waals surface area contributed by atoms with E-state index in [-0.39, 0.29) is 0 Å². The number of aromatic amines is 1. The number of rotatable bonds is 2. The third-order valence-corrected chi connectivity index (χ3v) is 1.79. The van der Waals surface area contributed by atoms with Gasteiger partial charge >= 0.3 is 5.97 Å². The van der Waals surface area contributed by atoms with Gasteiger partial charge in [-0.2, -0.15) is 0 Å². The fraction of sp³-hybridized carbons (Fsp3) is 0.286. The van der Waals surface area contributed by atoms with Gasteiger partial charge in [0.05, 0.1) is 5.92 Å². The minimum atomic E-state index is -0.873. The Morgan fingerprint density at radius 2 is 2.50 bits per heavy atom. The highest BCUT2D eigenvalue weighted by molar-refractivity contribution is 7.71. The van der Waals surface area contributed by atoms with Crippen LogP contribution in [0, 0.1) is 4.77 Å². The van der Waals surface area contributed by atoms with Crippen molar-refractivity contribution in [2.45, 2.75) is 12.8 Å². The molecule has 0 fully saturated rings. The lowest BCUT2D eigenvalue weighted by Crippen LogP contribution is -2.07. The van der Waals surface area contributed by atoms with Gasteiger partial charge in [0.2, 0.25) is 0 Å². The van der Waals surface area contributed by atoms with Crippen molar-refractivity contribution in [3.63, 3.8) is 0 Å². The van der Waals surface area contributed by atoms with Gasteiger partial charge in [0.15, 0.2) is 4.77 Å². The first kappa shape index (κ1) is 8.86. The van der Waals surface area contributed by atoms with Crippen LogP contribution in [-0.2, 0) is 4.79 Å². The van der Waals surface area contributed by atoms with Crippen molar-refractivity contribution < 1.29 is 9.90 Å². The summed E-state index contributed by atoms with van der Waals surface area (Å²) in [5.41, 5.74) is 0.621. The van der Waals surface area contributed by atoms with Gasteiger partial charge < -0.3 is 10.1 Å². The molecule has 0 spiro atoms. The van der Waals surface area contributed by atoms with Gasteiger partial charge in [-0.25, -0.2) is 4.98 Å². The van der Waals surface area contributed by atoms with Gasteiger partial charge in [-0.05, 0) is 19.1 Å². The summed E-state index contributed by atoms with van der Waals surface area (Å²) in [6.45, 7) is 1.59. The molecule has 0 aromatic carbocycles. The second kappa shape index (κ2) is 3.44. The Labute approximate surface area is 74.3 Å². The molecule has 0 aliphatic heterocycles. The first-order valence-electron chi connectivity index (χ1n) is 3.38. The van der Waals surface area contributed by atoms with Gasteiger partial charge in [-0.3, -0.25) is 4.79 Å². The summed E-state index contributed by atoms with van der Waals surface area (Å²) in [5.74, 6) is -1.42. The molecule has 0 amide bonds. The fourth-order valence-corrected chi connectivity index (χ4v) is 0.844. The number of aromatic nitrogens is 2. The number of hydrogen-bond acceptors (Lipinski definition) is 3. The quantitative estimate of drug-likeness (QED) is 0.680. The summed E-state index contributed by atoms with van der Waals surface area (Å²) >= 11 is 4.71. The Bertz CT molecular complexity index is 327. The monoisotopic (exact) mass is 184 g/mol. The van der Waals surface area contributed by atoms with Crippen LogP contribution < -0.4 is 0 Å². The lowest BCUT2D eigenvalue weighted by molar-refractivity contribution is -0.138. The van der Waals surface area contributed by atoms with Crippen molar-refractivity contribution in [3.05, 3.63) is 22.7 Å². The average molecular weight is 184 g/mol. The van der Waals surface area contributed by atoms with E-state index in [2.05, 4.69) is 9.97 Å². The van der Waals surface area contributed by atoms with Crippen molar-refractivity contribution in [3.8, 4) is 0 Å². The third-order valence-electron chi connectivity index (χ3n) is 1.56. The Hall–Kier alpha value is -1.23. The van der Waals surface area contributed by atoms with E-state index >= 15 is 0 Å². The molecule has 0 aliphatic rings. The first-order chi connectivity index (χ1) is 5.61. The molecule has 0 aliphatic carbocycles. The normalized spacial score (nSPS) is 12.4. The summed E-state index contributed by atoms with van der Waals surface area (Å²) in [5, 5.41) is 8.64. The zero-order valence-corrected chi connectivity index (χ0v) is 7.26. The highest BCUT2D eigenvalue weighted by Gasteiger charge is 2.12. The van der Waals surface area contributed by atoms with Crippen LogP contribution in [0.4, 0.5) is 0 Å². The topological polar surface area (TPSA) is 66.0 Å². The summed E-state index contributed by atoms with van der Waals surface area (Å²) in [4.78, 5) is 17.0. The van der Waals surface area contributed by atoms with Gasteiger partial charge in [-0.1, -0.05) is 0 Å². The zero-order valence-electron chi connectivity index (χ0n) is 6.44. The number of aliphatic carboxylic acids is 1. The molecule has 1 rings (SSSR count). The van der Waals surface area contributed by atoms with Crippen LogP contribution in [0.1, 0.15) is 18.4 Å². The van der Waals surface area contributed by atoms with Gasteiger partial charge in [0.25, 0.3) is 0 Å². The lowest BCUT2D eigenvalue weighted by Gasteiger charge is -2.03. The molecule has 0 saturated carbocycles. The maximum absolute atomic E-state index is 10.5. The van der Waals surface area contributed by atoms with Crippen LogP contribution in [0.15, 0.2) is 12.4 Å². The third kappa shape index (κ3) is 1.88. The van der Waals surface area contributed by atoms with Crippen LogP contribution in [0.5, 0.6) is 0 Å². The minimum absolute atomic E-state index is 0.358. The molecule has 0 saturated heterocycles. The Balaban J connectivity index is 2.97. The molecular weight excluding hydrogens is 176 g/mol. The molecule has 1 aromatic rings. The standard InChI is InChI=1S/C7H8N2O2S/c1-4(6(10)11)5-2-8-7(12)9-3-5/h2-4H,1H3,(H,10,11)(H,8,9,12). The molecule has 1 aromatic heterocycles. The van der Waals surface area contributed by atoms with Gasteiger partial charge in [-0.15, -0.1) is 0 Å². The predicted octanol–water partition coefficient (Wildman–Crippen LogP) is 1.33. The molecular formula is C7H8N2O2S. The molecule has 1 atom stereocenters. The van der Waals surface area contributed by atoms with Crippen LogP contribution >= 0.6 is 12.2 Å². The summed E-state index contributed by atoms with van der Waals surface area (Å²) < 4.78 is 0.358. The van der Waals surface area contributed by atoms with Crippen molar-refractivity contribution in [2.24, 2.45) is 0 Å². The predicted molar refractivity (Wildman–Crippen MR) is 45.5 cm³/mol. The van der Waals surface area contributed by atoms with Crippen LogP contribution in [0.3, 0.4) is 0 Å². The number of carboxylic acid groups (broad SMARTS) is 1. The number of hydrogen-bond donors (Lipinski definition) is 2. The zero-order chi connectivity index (χ0) is 9.14. The highest BCUT2D eigenvalue weighted by Crippen LogP contribution is 2.11. The van der Waals surface area contributed by atoms with E-state index in [1.165, 1.54) is 6.20 Å². The highest BCUT2D eigenvalue weighted by atomic mass is 32.1. The Morgan fingerprint density at radius 1 is 1.83 bits per heavy atom. The van der Waals surface area contributed by atoms with Crippen molar-refractivity contribution in [2.75, 3.05) is 0 Å². The van der Waals surface area contributed by atoms with Crippen molar-refractivity contribution >= 4 is 18.2 Å². The Kier molecular flexibility index (Phi) is 2.54. The van der Waals surface area contributed by atoms with Crippen molar-refractivity contribution in [1.82, 2.24) is 9.97 Å². The van der Waals surface area contributed by atoms with E-state index in [0.29, 0.717) is 10.3 Å². The number of H-pyrrole nitrogens is 1. The molecule has 64 valence electrons. The average Bonchev–Trinajstić information content (AvgIpc) is 2.04. The number of nitrogens with zero attached hydrogens (tertiary/aromatic N) is 1. The molecule has 0 radical (unpaired) electrons. The first-order valence-corrected chi connectivity index (χ1v) is 3.79. The summed E-state index contributed by atoms with van der Waals surface area (Å²) in [6, 6.07) is 0.